The van der Waals surface area contributed by atoms with E-state index in [-0.39, 0.29) is 5.76 Å². The van der Waals surface area contributed by atoms with Gasteiger partial charge in [-0.2, -0.15) is 26.3 Å². The first-order valence-electron chi connectivity index (χ1n) is 4.39. The van der Waals surface area contributed by atoms with Gasteiger partial charge in [-0.1, -0.05) is 5.16 Å². The number of hydrogen-bond donors (Lipinski definition) is 1. The maximum Gasteiger partial charge on any atom is 0.409 e. The molecule has 0 saturated heterocycles. The quantitative estimate of drug-likeness (QED) is 0.845. The van der Waals surface area contributed by atoms with Crippen LogP contribution in [0.2, 0.25) is 0 Å². The Morgan fingerprint density at radius 2 is 1.78 bits per heavy atom. The maximum atomic E-state index is 12.1. The number of aromatic nitrogens is 1. The summed E-state index contributed by atoms with van der Waals surface area (Å²) < 4.78 is 77.3. The van der Waals surface area contributed by atoms with Gasteiger partial charge >= 0.3 is 12.4 Å². The average molecular weight is 276 g/mol. The third-order valence-corrected chi connectivity index (χ3v) is 1.80. The number of alkyl halides is 6. The molecule has 1 N–H and O–H groups in total. The lowest BCUT2D eigenvalue weighted by Gasteiger charge is -2.21. The minimum absolute atomic E-state index is 0.126. The summed E-state index contributed by atoms with van der Waals surface area (Å²) in [5.41, 5.74) is 0. The first-order valence-corrected chi connectivity index (χ1v) is 4.39. The van der Waals surface area contributed by atoms with Crippen molar-refractivity contribution >= 4 is 11.7 Å². The fourth-order valence-electron chi connectivity index (χ4n) is 1.11. The third-order valence-electron chi connectivity index (χ3n) is 1.80. The zero-order chi connectivity index (χ0) is 14.1. The molecule has 0 unspecified atom stereocenters. The van der Waals surface area contributed by atoms with Gasteiger partial charge in [-0.15, -0.1) is 0 Å². The summed E-state index contributed by atoms with van der Waals surface area (Å²) in [5, 5.41) is 4.45. The van der Waals surface area contributed by atoms with Gasteiger partial charge in [-0.05, 0) is 6.92 Å². The lowest BCUT2D eigenvalue weighted by atomic mass is 10.1. The van der Waals surface area contributed by atoms with Gasteiger partial charge in [0.05, 0.1) is 0 Å². The van der Waals surface area contributed by atoms with Crippen LogP contribution in [0.15, 0.2) is 10.6 Å². The molecule has 1 amide bonds. The monoisotopic (exact) mass is 276 g/mol. The van der Waals surface area contributed by atoms with E-state index in [2.05, 4.69) is 9.68 Å². The van der Waals surface area contributed by atoms with E-state index in [1.165, 1.54) is 12.2 Å². The number of aryl methyl sites for hydroxylation is 1. The molecule has 102 valence electrons. The number of halogens is 6. The van der Waals surface area contributed by atoms with Crippen molar-refractivity contribution < 1.29 is 35.7 Å². The Hall–Kier alpha value is -1.74. The van der Waals surface area contributed by atoms with Gasteiger partial charge in [-0.3, -0.25) is 4.79 Å². The highest BCUT2D eigenvalue weighted by molar-refractivity contribution is 5.92. The van der Waals surface area contributed by atoms with E-state index in [4.69, 9.17) is 0 Å². The van der Waals surface area contributed by atoms with Crippen LogP contribution in [0.5, 0.6) is 0 Å². The van der Waals surface area contributed by atoms with Gasteiger partial charge in [0.15, 0.2) is 5.82 Å². The Labute approximate surface area is 95.9 Å². The van der Waals surface area contributed by atoms with Crippen molar-refractivity contribution in [2.75, 3.05) is 5.32 Å². The van der Waals surface area contributed by atoms with Crippen molar-refractivity contribution in [3.05, 3.63) is 11.8 Å². The predicted octanol–water partition coefficient (Wildman–Crippen LogP) is 2.66. The Bertz CT molecular complexity index is 422. The topological polar surface area (TPSA) is 55.1 Å². The molecule has 0 spiro atoms. The first-order chi connectivity index (χ1) is 8.01. The van der Waals surface area contributed by atoms with Crippen molar-refractivity contribution in [1.82, 2.24) is 5.16 Å². The van der Waals surface area contributed by atoms with E-state index in [1.807, 2.05) is 0 Å². The van der Waals surface area contributed by atoms with Gasteiger partial charge < -0.3 is 9.84 Å². The van der Waals surface area contributed by atoms with E-state index in [0.717, 1.165) is 6.07 Å². The second-order valence-corrected chi connectivity index (χ2v) is 3.33. The molecule has 1 heterocycles. The number of nitrogens with zero attached hydrogens (tertiary/aromatic N) is 1. The molecule has 0 radical (unpaired) electrons. The molecule has 0 aromatic carbocycles. The number of anilines is 1. The molecule has 1 aromatic heterocycles. The number of amides is 1. The molecule has 0 atom stereocenters. The fraction of sp³-hybridized carbons (Fsp3) is 0.500. The van der Waals surface area contributed by atoms with Crippen molar-refractivity contribution in [2.45, 2.75) is 19.3 Å². The van der Waals surface area contributed by atoms with E-state index in [9.17, 15) is 31.1 Å². The summed E-state index contributed by atoms with van der Waals surface area (Å²) in [6.45, 7) is 1.35. The van der Waals surface area contributed by atoms with Gasteiger partial charge in [0.25, 0.3) is 0 Å². The largest absolute Gasteiger partial charge is 0.409 e. The zero-order valence-electron chi connectivity index (χ0n) is 8.69. The first kappa shape index (κ1) is 14.3. The Morgan fingerprint density at radius 1 is 1.28 bits per heavy atom. The molecule has 4 nitrogen and oxygen atoms in total. The number of carbonyl (C=O) groups excluding carboxylic acids is 1. The van der Waals surface area contributed by atoms with E-state index < -0.39 is 30.0 Å². The Balaban J connectivity index is 2.91. The molecule has 10 heteroatoms. The molecule has 0 bridgehead atoms. The molecule has 1 rings (SSSR count). The van der Waals surface area contributed by atoms with Crippen molar-refractivity contribution in [2.24, 2.45) is 5.92 Å². The molecule has 0 aliphatic carbocycles. The summed E-state index contributed by atoms with van der Waals surface area (Å²) in [5.74, 6) is -6.76. The SMILES string of the molecule is Cc1cc(NC(=O)C(C(F)(F)F)C(F)(F)F)no1. The Morgan fingerprint density at radius 3 is 2.11 bits per heavy atom. The summed E-state index contributed by atoms with van der Waals surface area (Å²) in [6, 6.07) is 0.988. The number of hydrogen-bond acceptors (Lipinski definition) is 3. The number of carbonyl (C=O) groups is 1. The van der Waals surface area contributed by atoms with Crippen molar-refractivity contribution in [3.8, 4) is 0 Å². The normalized spacial score (nSPS) is 12.9. The van der Waals surface area contributed by atoms with E-state index >= 15 is 0 Å². The van der Waals surface area contributed by atoms with Crippen molar-refractivity contribution in [3.63, 3.8) is 0 Å². The molecule has 0 aliphatic heterocycles. The van der Waals surface area contributed by atoms with Crippen LogP contribution < -0.4 is 5.32 Å². The Kier molecular flexibility index (Phi) is 3.58. The van der Waals surface area contributed by atoms with Crippen LogP contribution in [0.4, 0.5) is 32.2 Å². The fourth-order valence-corrected chi connectivity index (χ4v) is 1.11. The minimum Gasteiger partial charge on any atom is -0.360 e. The van der Waals surface area contributed by atoms with Crippen LogP contribution in [-0.4, -0.2) is 23.4 Å². The van der Waals surface area contributed by atoms with Crippen LogP contribution >= 0.6 is 0 Å². The molecule has 18 heavy (non-hydrogen) atoms. The second kappa shape index (κ2) is 4.50. The van der Waals surface area contributed by atoms with E-state index in [0.29, 0.717) is 0 Å². The van der Waals surface area contributed by atoms with Crippen LogP contribution in [0.3, 0.4) is 0 Å². The smallest absolute Gasteiger partial charge is 0.360 e. The van der Waals surface area contributed by atoms with Crippen LogP contribution in [0, 0.1) is 12.8 Å². The zero-order valence-corrected chi connectivity index (χ0v) is 8.69. The average Bonchev–Trinajstić information content (AvgIpc) is 2.44. The molecule has 0 fully saturated rings. The number of nitrogens with one attached hydrogen (secondary N) is 1. The van der Waals surface area contributed by atoms with E-state index in [1.54, 1.807) is 0 Å². The highest BCUT2D eigenvalue weighted by atomic mass is 19.4. The highest BCUT2D eigenvalue weighted by Gasteiger charge is 2.61. The maximum absolute atomic E-state index is 12.1. The predicted molar refractivity (Wildman–Crippen MR) is 45.5 cm³/mol. The summed E-state index contributed by atoms with van der Waals surface area (Å²) in [4.78, 5) is 11.0. The van der Waals surface area contributed by atoms with Crippen LogP contribution in [0.1, 0.15) is 5.76 Å². The summed E-state index contributed by atoms with van der Waals surface area (Å²) >= 11 is 0. The van der Waals surface area contributed by atoms with Gasteiger partial charge in [0.2, 0.25) is 11.8 Å². The molecular weight excluding hydrogens is 270 g/mol. The summed E-state index contributed by atoms with van der Waals surface area (Å²) in [6.07, 6.45) is -11.5. The minimum atomic E-state index is -5.74. The van der Waals surface area contributed by atoms with Crippen molar-refractivity contribution in [1.29, 1.82) is 0 Å². The molecule has 1 aromatic rings. The number of rotatable bonds is 2. The third kappa shape index (κ3) is 3.37. The molecular formula is C8H6F6N2O2. The highest BCUT2D eigenvalue weighted by Crippen LogP contribution is 2.39. The van der Waals surface area contributed by atoms with Crippen LogP contribution in [0.25, 0.3) is 0 Å². The lowest BCUT2D eigenvalue weighted by molar-refractivity contribution is -0.272. The molecule has 0 saturated carbocycles. The van der Waals surface area contributed by atoms with Gasteiger partial charge in [-0.25, -0.2) is 0 Å². The molecule has 0 aliphatic rings. The second-order valence-electron chi connectivity index (χ2n) is 3.33. The standard InChI is InChI=1S/C8H6F6N2O2/c1-3-2-4(16-18-3)15-6(17)5(7(9,10)11)8(12,13)14/h2,5H,1H3,(H,15,16,17). The van der Waals surface area contributed by atoms with Crippen LogP contribution in [-0.2, 0) is 4.79 Å². The summed E-state index contributed by atoms with van der Waals surface area (Å²) in [7, 11) is 0. The van der Waals surface area contributed by atoms with Gasteiger partial charge in [0, 0.05) is 6.07 Å². The van der Waals surface area contributed by atoms with Gasteiger partial charge in [0.1, 0.15) is 5.76 Å². The lowest BCUT2D eigenvalue weighted by Crippen LogP contribution is -2.45.